The predicted octanol–water partition coefficient (Wildman–Crippen LogP) is 5.04. The minimum atomic E-state index is 0.594. The Bertz CT molecular complexity index is 1130. The maximum Gasteiger partial charge on any atom is 0.191 e. The van der Waals surface area contributed by atoms with E-state index in [4.69, 9.17) is 16.6 Å². The van der Waals surface area contributed by atoms with Crippen molar-refractivity contribution in [3.05, 3.63) is 70.8 Å². The van der Waals surface area contributed by atoms with Gasteiger partial charge in [-0.2, -0.15) is 0 Å². The van der Waals surface area contributed by atoms with Crippen LogP contribution in [0.2, 0.25) is 5.02 Å². The van der Waals surface area contributed by atoms with Gasteiger partial charge in [0.15, 0.2) is 5.16 Å². The lowest BCUT2D eigenvalue weighted by molar-refractivity contribution is 0.734. The van der Waals surface area contributed by atoms with Crippen molar-refractivity contribution in [2.24, 2.45) is 7.05 Å². The summed E-state index contributed by atoms with van der Waals surface area (Å²) in [5, 5.41) is 10.4. The number of halogens is 1. The predicted molar refractivity (Wildman–Crippen MR) is 113 cm³/mol. The van der Waals surface area contributed by atoms with Gasteiger partial charge < -0.3 is 9.13 Å². The lowest BCUT2D eigenvalue weighted by Crippen LogP contribution is -2.05. The molecule has 1 fully saturated rings. The summed E-state index contributed by atoms with van der Waals surface area (Å²) >= 11 is 7.88. The van der Waals surface area contributed by atoms with E-state index in [2.05, 4.69) is 56.7 Å². The number of hydrogen-bond acceptors (Lipinski definition) is 4. The molecule has 2 aromatic carbocycles. The largest absolute Gasteiger partial charge is 0.323 e. The van der Waals surface area contributed by atoms with Gasteiger partial charge in [-0.05, 0) is 36.6 Å². The Hall–Kier alpha value is -2.31. The summed E-state index contributed by atoms with van der Waals surface area (Å²) in [4.78, 5) is 4.87. The van der Waals surface area contributed by atoms with Gasteiger partial charge >= 0.3 is 0 Å². The number of nitrogens with zero attached hydrogens (tertiary/aromatic N) is 5. The molecule has 5 nitrogen and oxygen atoms in total. The van der Waals surface area contributed by atoms with Crippen LogP contribution in [0.1, 0.15) is 36.0 Å². The fraction of sp³-hybridized carbons (Fsp3) is 0.286. The lowest BCUT2D eigenvalue weighted by atomic mass is 10.2. The zero-order valence-corrected chi connectivity index (χ0v) is 17.1. The van der Waals surface area contributed by atoms with Crippen LogP contribution in [0.25, 0.3) is 11.0 Å². The van der Waals surface area contributed by atoms with E-state index < -0.39 is 0 Å². The van der Waals surface area contributed by atoms with Crippen LogP contribution in [0, 0.1) is 0 Å². The minimum absolute atomic E-state index is 0.594. The van der Waals surface area contributed by atoms with Crippen molar-refractivity contribution >= 4 is 34.4 Å². The fourth-order valence-electron chi connectivity index (χ4n) is 3.48. The molecule has 0 N–H and O–H groups in total. The molecule has 0 atom stereocenters. The van der Waals surface area contributed by atoms with E-state index in [-0.39, 0.29) is 0 Å². The van der Waals surface area contributed by atoms with Crippen LogP contribution >= 0.6 is 23.4 Å². The molecule has 0 saturated heterocycles. The molecule has 4 aromatic rings. The van der Waals surface area contributed by atoms with Gasteiger partial charge in [-0.3, -0.25) is 0 Å². The second-order valence-corrected chi connectivity index (χ2v) is 8.57. The maximum absolute atomic E-state index is 6.20. The van der Waals surface area contributed by atoms with Crippen LogP contribution in [0.15, 0.2) is 53.7 Å². The Kier molecular flexibility index (Phi) is 4.61. The SMILES string of the molecule is Cn1c(SCc2nc3cc(Cl)ccc3n2Cc2ccccc2)nnc1C1CC1. The topological polar surface area (TPSA) is 48.5 Å². The smallest absolute Gasteiger partial charge is 0.191 e. The van der Waals surface area contributed by atoms with Crippen LogP contribution in [0.5, 0.6) is 0 Å². The number of hydrogen-bond donors (Lipinski definition) is 0. The molecule has 0 unspecified atom stereocenters. The zero-order chi connectivity index (χ0) is 19.1. The molecule has 1 aliphatic carbocycles. The molecule has 0 radical (unpaired) electrons. The first-order valence-electron chi connectivity index (χ1n) is 9.40. The van der Waals surface area contributed by atoms with Gasteiger partial charge in [0.05, 0.1) is 16.8 Å². The highest BCUT2D eigenvalue weighted by Gasteiger charge is 2.29. The molecular formula is C21H20ClN5S. The van der Waals surface area contributed by atoms with Gasteiger partial charge in [0, 0.05) is 24.5 Å². The van der Waals surface area contributed by atoms with Crippen molar-refractivity contribution in [3.63, 3.8) is 0 Å². The second-order valence-electron chi connectivity index (χ2n) is 7.20. The van der Waals surface area contributed by atoms with E-state index in [1.165, 1.54) is 18.4 Å². The van der Waals surface area contributed by atoms with Crippen molar-refractivity contribution in [1.82, 2.24) is 24.3 Å². The summed E-state index contributed by atoms with van der Waals surface area (Å²) in [6.07, 6.45) is 2.45. The first kappa shape index (κ1) is 17.8. The minimum Gasteiger partial charge on any atom is -0.323 e. The average molecular weight is 410 g/mol. The Labute approximate surface area is 172 Å². The molecule has 0 bridgehead atoms. The molecule has 5 rings (SSSR count). The Morgan fingerprint density at radius 3 is 2.71 bits per heavy atom. The lowest BCUT2D eigenvalue weighted by Gasteiger charge is -2.09. The summed E-state index contributed by atoms with van der Waals surface area (Å²) in [5.41, 5.74) is 3.27. The molecule has 2 heterocycles. The van der Waals surface area contributed by atoms with Crippen LogP contribution in [-0.4, -0.2) is 24.3 Å². The summed E-state index contributed by atoms with van der Waals surface area (Å²) in [5.74, 6) is 3.45. The number of fused-ring (bicyclic) bond motifs is 1. The molecule has 28 heavy (non-hydrogen) atoms. The molecule has 0 aliphatic heterocycles. The van der Waals surface area contributed by atoms with Gasteiger partial charge in [-0.1, -0.05) is 53.7 Å². The van der Waals surface area contributed by atoms with E-state index in [9.17, 15) is 0 Å². The van der Waals surface area contributed by atoms with E-state index in [0.29, 0.717) is 10.9 Å². The third kappa shape index (κ3) is 3.42. The number of thioether (sulfide) groups is 1. The third-order valence-corrected chi connectivity index (χ3v) is 6.37. The van der Waals surface area contributed by atoms with Crippen LogP contribution in [0.4, 0.5) is 0 Å². The Balaban J connectivity index is 1.46. The van der Waals surface area contributed by atoms with Gasteiger partial charge in [0.1, 0.15) is 11.6 Å². The van der Waals surface area contributed by atoms with Crippen molar-refractivity contribution in [2.45, 2.75) is 36.2 Å². The number of rotatable bonds is 6. The molecule has 142 valence electrons. The number of benzene rings is 2. The van der Waals surface area contributed by atoms with Gasteiger partial charge in [-0.15, -0.1) is 10.2 Å². The van der Waals surface area contributed by atoms with Gasteiger partial charge in [-0.25, -0.2) is 4.98 Å². The fourth-order valence-corrected chi connectivity index (χ4v) is 4.51. The molecular weight excluding hydrogens is 390 g/mol. The molecule has 2 aromatic heterocycles. The monoisotopic (exact) mass is 409 g/mol. The van der Waals surface area contributed by atoms with Crippen LogP contribution < -0.4 is 0 Å². The van der Waals surface area contributed by atoms with E-state index in [0.717, 1.165) is 40.1 Å². The first-order valence-corrected chi connectivity index (χ1v) is 10.8. The summed E-state index contributed by atoms with van der Waals surface area (Å²) in [7, 11) is 2.06. The highest BCUT2D eigenvalue weighted by molar-refractivity contribution is 7.98. The normalized spacial score (nSPS) is 14.1. The van der Waals surface area contributed by atoms with Gasteiger partial charge in [0.25, 0.3) is 0 Å². The number of imidazole rings is 1. The molecule has 1 aliphatic rings. The third-order valence-electron chi connectivity index (χ3n) is 5.11. The van der Waals surface area contributed by atoms with Gasteiger partial charge in [0.2, 0.25) is 0 Å². The average Bonchev–Trinajstić information content (AvgIpc) is 3.40. The van der Waals surface area contributed by atoms with Crippen molar-refractivity contribution in [1.29, 1.82) is 0 Å². The highest BCUT2D eigenvalue weighted by atomic mass is 35.5. The highest BCUT2D eigenvalue weighted by Crippen LogP contribution is 2.39. The van der Waals surface area contributed by atoms with E-state index >= 15 is 0 Å². The quantitative estimate of drug-likeness (QED) is 0.419. The Morgan fingerprint density at radius 1 is 1.11 bits per heavy atom. The standard InChI is InChI=1S/C21H20ClN5S/c1-26-20(15-7-8-15)24-25-21(26)28-13-19-23-17-11-16(22)9-10-18(17)27(19)12-14-5-3-2-4-6-14/h2-6,9-11,15H,7-8,12-13H2,1H3. The Morgan fingerprint density at radius 2 is 1.93 bits per heavy atom. The summed E-state index contributed by atoms with van der Waals surface area (Å²) in [6, 6.07) is 16.4. The van der Waals surface area contributed by atoms with Crippen LogP contribution in [-0.2, 0) is 19.3 Å². The molecule has 0 spiro atoms. The van der Waals surface area contributed by atoms with E-state index in [1.807, 2.05) is 18.2 Å². The van der Waals surface area contributed by atoms with E-state index in [1.54, 1.807) is 11.8 Å². The summed E-state index contributed by atoms with van der Waals surface area (Å²) in [6.45, 7) is 0.779. The van der Waals surface area contributed by atoms with Crippen molar-refractivity contribution in [3.8, 4) is 0 Å². The van der Waals surface area contributed by atoms with Crippen LogP contribution in [0.3, 0.4) is 0 Å². The van der Waals surface area contributed by atoms with Crippen molar-refractivity contribution in [2.75, 3.05) is 0 Å². The molecule has 7 heteroatoms. The number of aromatic nitrogens is 5. The molecule has 1 saturated carbocycles. The summed E-state index contributed by atoms with van der Waals surface area (Å²) < 4.78 is 4.40. The maximum atomic E-state index is 6.20. The zero-order valence-electron chi connectivity index (χ0n) is 15.5. The second kappa shape index (κ2) is 7.26. The van der Waals surface area contributed by atoms with Crippen molar-refractivity contribution < 1.29 is 0 Å². The first-order chi connectivity index (χ1) is 13.7. The molecule has 0 amide bonds.